The normalized spacial score (nSPS) is 25.5. The van der Waals surface area contributed by atoms with Crippen LogP contribution in [0.15, 0.2) is 18.2 Å². The van der Waals surface area contributed by atoms with Gasteiger partial charge in [-0.3, -0.25) is 0 Å². The van der Waals surface area contributed by atoms with E-state index in [-0.39, 0.29) is 11.0 Å². The highest BCUT2D eigenvalue weighted by molar-refractivity contribution is 5.53. The van der Waals surface area contributed by atoms with E-state index in [1.807, 2.05) is 0 Å². The van der Waals surface area contributed by atoms with Gasteiger partial charge in [-0.25, -0.2) is 0 Å². The number of anilines is 1. The van der Waals surface area contributed by atoms with E-state index in [0.717, 1.165) is 6.54 Å². The van der Waals surface area contributed by atoms with Crippen LogP contribution in [0.5, 0.6) is 0 Å². The van der Waals surface area contributed by atoms with Gasteiger partial charge in [0.2, 0.25) is 0 Å². The molecule has 112 valence electrons. The molecule has 1 aromatic rings. The van der Waals surface area contributed by atoms with E-state index in [2.05, 4.69) is 57.8 Å². The summed E-state index contributed by atoms with van der Waals surface area (Å²) in [6, 6.07) is 6.81. The molecule has 2 rings (SSSR count). The van der Waals surface area contributed by atoms with Gasteiger partial charge in [-0.2, -0.15) is 0 Å². The topological polar surface area (TPSA) is 29.3 Å². The van der Waals surface area contributed by atoms with Gasteiger partial charge >= 0.3 is 0 Å². The fourth-order valence-corrected chi connectivity index (χ4v) is 4.08. The lowest BCUT2D eigenvalue weighted by Gasteiger charge is -2.55. The van der Waals surface area contributed by atoms with E-state index in [9.17, 15) is 0 Å². The van der Waals surface area contributed by atoms with Crippen molar-refractivity contribution < 1.29 is 0 Å². The molecule has 0 saturated heterocycles. The molecule has 2 nitrogen and oxygen atoms in total. The van der Waals surface area contributed by atoms with Crippen LogP contribution >= 0.6 is 0 Å². The summed E-state index contributed by atoms with van der Waals surface area (Å²) >= 11 is 0. The summed E-state index contributed by atoms with van der Waals surface area (Å²) in [6.45, 7) is 9.84. The van der Waals surface area contributed by atoms with E-state index in [1.165, 1.54) is 42.5 Å². The highest BCUT2D eigenvalue weighted by atomic mass is 15.2. The third-order valence-electron chi connectivity index (χ3n) is 5.48. The Hall–Kier alpha value is -1.02. The van der Waals surface area contributed by atoms with Gasteiger partial charge in [0, 0.05) is 19.3 Å². The highest BCUT2D eigenvalue weighted by Crippen LogP contribution is 2.47. The summed E-state index contributed by atoms with van der Waals surface area (Å²) in [5.41, 5.74) is 10.6. The quantitative estimate of drug-likeness (QED) is 0.901. The maximum atomic E-state index is 6.29. The van der Waals surface area contributed by atoms with Gasteiger partial charge in [0.1, 0.15) is 0 Å². The molecular weight excluding hydrogens is 244 g/mol. The standard InChI is InChI=1S/C18H30N2/c1-14-10-15(2)12-16(11-14)20(5)18(13-19)9-7-6-8-17(18,3)4/h10-12H,6-9,13,19H2,1-5H3. The molecule has 0 aromatic heterocycles. The minimum Gasteiger partial charge on any atom is -0.367 e. The Morgan fingerprint density at radius 2 is 1.60 bits per heavy atom. The SMILES string of the molecule is Cc1cc(C)cc(N(C)C2(CN)CCCCC2(C)C)c1. The number of nitrogens with zero attached hydrogens (tertiary/aromatic N) is 1. The van der Waals surface area contributed by atoms with Gasteiger partial charge < -0.3 is 10.6 Å². The monoisotopic (exact) mass is 274 g/mol. The summed E-state index contributed by atoms with van der Waals surface area (Å²) in [5.74, 6) is 0. The number of benzene rings is 1. The average molecular weight is 274 g/mol. The van der Waals surface area contributed by atoms with Crippen LogP contribution in [0.25, 0.3) is 0 Å². The van der Waals surface area contributed by atoms with Crippen LogP contribution in [-0.4, -0.2) is 19.1 Å². The summed E-state index contributed by atoms with van der Waals surface area (Å²) in [7, 11) is 2.23. The Kier molecular flexibility index (Phi) is 4.15. The minimum atomic E-state index is 0.0749. The third kappa shape index (κ3) is 2.46. The Morgan fingerprint density at radius 1 is 1.05 bits per heavy atom. The van der Waals surface area contributed by atoms with Gasteiger partial charge in [0.05, 0.1) is 5.54 Å². The highest BCUT2D eigenvalue weighted by Gasteiger charge is 2.48. The van der Waals surface area contributed by atoms with Crippen molar-refractivity contribution in [3.05, 3.63) is 29.3 Å². The Balaban J connectivity index is 2.44. The molecule has 1 saturated carbocycles. The van der Waals surface area contributed by atoms with Crippen molar-refractivity contribution in [2.24, 2.45) is 11.1 Å². The van der Waals surface area contributed by atoms with E-state index < -0.39 is 0 Å². The molecule has 0 aliphatic heterocycles. The first-order valence-corrected chi connectivity index (χ1v) is 7.85. The zero-order valence-electron chi connectivity index (χ0n) is 13.8. The smallest absolute Gasteiger partial charge is 0.0571 e. The van der Waals surface area contributed by atoms with Crippen molar-refractivity contribution in [3.8, 4) is 0 Å². The first kappa shape index (κ1) is 15.4. The molecule has 2 N–H and O–H groups in total. The van der Waals surface area contributed by atoms with Crippen LogP contribution in [0.4, 0.5) is 5.69 Å². The van der Waals surface area contributed by atoms with Gasteiger partial charge in [0.15, 0.2) is 0 Å². The molecule has 1 aromatic carbocycles. The van der Waals surface area contributed by atoms with E-state index in [4.69, 9.17) is 5.73 Å². The zero-order valence-corrected chi connectivity index (χ0v) is 13.8. The van der Waals surface area contributed by atoms with Crippen molar-refractivity contribution in [2.75, 3.05) is 18.5 Å². The predicted octanol–water partition coefficient (Wildman–Crippen LogP) is 4.04. The lowest BCUT2D eigenvalue weighted by atomic mass is 9.62. The number of hydrogen-bond acceptors (Lipinski definition) is 2. The number of rotatable bonds is 3. The number of likely N-dealkylation sites (N-methyl/N-ethyl adjacent to an activating group) is 1. The second kappa shape index (κ2) is 5.40. The zero-order chi connectivity index (χ0) is 15.0. The van der Waals surface area contributed by atoms with Crippen LogP contribution in [0.2, 0.25) is 0 Å². The van der Waals surface area contributed by atoms with Crippen LogP contribution in [0, 0.1) is 19.3 Å². The van der Waals surface area contributed by atoms with Gasteiger partial charge in [-0.1, -0.05) is 32.8 Å². The molecule has 0 spiro atoms. The van der Waals surface area contributed by atoms with Crippen molar-refractivity contribution >= 4 is 5.69 Å². The van der Waals surface area contributed by atoms with Gasteiger partial charge in [-0.05, 0) is 55.4 Å². The molecule has 1 unspecified atom stereocenters. The molecule has 2 heteroatoms. The lowest BCUT2D eigenvalue weighted by molar-refractivity contribution is 0.101. The fraction of sp³-hybridized carbons (Fsp3) is 0.667. The van der Waals surface area contributed by atoms with E-state index >= 15 is 0 Å². The first-order valence-electron chi connectivity index (χ1n) is 7.85. The average Bonchev–Trinajstić information content (AvgIpc) is 2.37. The van der Waals surface area contributed by atoms with E-state index in [1.54, 1.807) is 0 Å². The molecule has 1 fully saturated rings. The molecule has 1 atom stereocenters. The molecule has 1 aliphatic carbocycles. The van der Waals surface area contributed by atoms with Crippen LogP contribution in [0.1, 0.15) is 50.7 Å². The maximum absolute atomic E-state index is 6.29. The van der Waals surface area contributed by atoms with Crippen molar-refractivity contribution in [3.63, 3.8) is 0 Å². The molecule has 0 amide bonds. The Bertz CT molecular complexity index is 458. The predicted molar refractivity (Wildman–Crippen MR) is 88.4 cm³/mol. The molecule has 0 radical (unpaired) electrons. The summed E-state index contributed by atoms with van der Waals surface area (Å²) < 4.78 is 0. The minimum absolute atomic E-state index is 0.0749. The summed E-state index contributed by atoms with van der Waals surface area (Å²) in [6.07, 6.45) is 5.07. The van der Waals surface area contributed by atoms with Crippen molar-refractivity contribution in [1.29, 1.82) is 0 Å². The fourth-order valence-electron chi connectivity index (χ4n) is 4.08. The third-order valence-corrected chi connectivity index (χ3v) is 5.48. The second-order valence-corrected chi connectivity index (χ2v) is 7.23. The van der Waals surface area contributed by atoms with Crippen LogP contribution in [0.3, 0.4) is 0 Å². The molecule has 0 heterocycles. The van der Waals surface area contributed by atoms with Crippen molar-refractivity contribution in [2.45, 2.75) is 58.9 Å². The van der Waals surface area contributed by atoms with Gasteiger partial charge in [-0.15, -0.1) is 0 Å². The Morgan fingerprint density at radius 3 is 2.10 bits per heavy atom. The number of nitrogens with two attached hydrogens (primary N) is 1. The van der Waals surface area contributed by atoms with Crippen LogP contribution in [-0.2, 0) is 0 Å². The molecule has 20 heavy (non-hydrogen) atoms. The summed E-state index contributed by atoms with van der Waals surface area (Å²) in [4.78, 5) is 2.46. The van der Waals surface area contributed by atoms with E-state index in [0.29, 0.717) is 0 Å². The molecule has 1 aliphatic rings. The first-order chi connectivity index (χ1) is 9.32. The largest absolute Gasteiger partial charge is 0.367 e. The second-order valence-electron chi connectivity index (χ2n) is 7.23. The van der Waals surface area contributed by atoms with Crippen LogP contribution < -0.4 is 10.6 Å². The maximum Gasteiger partial charge on any atom is 0.0571 e. The summed E-state index contributed by atoms with van der Waals surface area (Å²) in [5, 5.41) is 0. The van der Waals surface area contributed by atoms with Crippen molar-refractivity contribution in [1.82, 2.24) is 0 Å². The van der Waals surface area contributed by atoms with Gasteiger partial charge in [0.25, 0.3) is 0 Å². The Labute approximate surface area is 124 Å². The number of hydrogen-bond donors (Lipinski definition) is 1. The molecular formula is C18H30N2. The number of aryl methyl sites for hydroxylation is 2. The molecule has 0 bridgehead atoms. The lowest BCUT2D eigenvalue weighted by Crippen LogP contribution is -2.63.